The molecule has 1 aliphatic heterocycles. The van der Waals surface area contributed by atoms with Crippen LogP contribution in [0.2, 0.25) is 0 Å². The van der Waals surface area contributed by atoms with Gasteiger partial charge in [0.25, 0.3) is 5.79 Å². The maximum Gasteiger partial charge on any atom is 0.350 e. The Morgan fingerprint density at radius 2 is 1.87 bits per heavy atom. The number of rotatable bonds is 3. The van der Waals surface area contributed by atoms with Crippen molar-refractivity contribution in [3.05, 3.63) is 40.0 Å². The molecule has 1 saturated heterocycles. The van der Waals surface area contributed by atoms with Crippen LogP contribution in [0.5, 0.6) is 0 Å². The Balaban J connectivity index is 2.30. The molecule has 0 amide bonds. The molecule has 122 valence electrons. The predicted molar refractivity (Wildman–Crippen MR) is 83.5 cm³/mol. The molecule has 0 unspecified atom stereocenters. The molecule has 1 aromatic carbocycles. The van der Waals surface area contributed by atoms with Gasteiger partial charge in [0.1, 0.15) is 0 Å². The molecule has 23 heavy (non-hydrogen) atoms. The Morgan fingerprint density at radius 1 is 1.26 bits per heavy atom. The van der Waals surface area contributed by atoms with Gasteiger partial charge in [-0.2, -0.15) is 0 Å². The maximum absolute atomic E-state index is 11.9. The van der Waals surface area contributed by atoms with Crippen LogP contribution in [-0.4, -0.2) is 30.8 Å². The molecule has 1 fully saturated rings. The highest BCUT2D eigenvalue weighted by Crippen LogP contribution is 2.25. The quantitative estimate of drug-likeness (QED) is 0.486. The van der Waals surface area contributed by atoms with E-state index in [9.17, 15) is 14.4 Å². The summed E-state index contributed by atoms with van der Waals surface area (Å²) in [7, 11) is 1.25. The van der Waals surface area contributed by atoms with Crippen molar-refractivity contribution in [1.82, 2.24) is 0 Å². The van der Waals surface area contributed by atoms with Gasteiger partial charge >= 0.3 is 17.9 Å². The lowest BCUT2D eigenvalue weighted by molar-refractivity contribution is -0.222. The molecule has 0 radical (unpaired) electrons. The lowest BCUT2D eigenvalue weighted by atomic mass is 10.1. The van der Waals surface area contributed by atoms with Crippen molar-refractivity contribution >= 4 is 39.5 Å². The maximum atomic E-state index is 11.9. The van der Waals surface area contributed by atoms with Crippen LogP contribution in [-0.2, 0) is 23.8 Å². The van der Waals surface area contributed by atoms with E-state index in [-0.39, 0.29) is 11.1 Å². The van der Waals surface area contributed by atoms with E-state index in [2.05, 4.69) is 26.0 Å². The van der Waals surface area contributed by atoms with E-state index in [1.807, 2.05) is 0 Å². The number of hydrogen-bond donors (Lipinski definition) is 1. The molecule has 0 atom stereocenters. The van der Waals surface area contributed by atoms with Crippen molar-refractivity contribution < 1.29 is 28.6 Å². The number of benzene rings is 1. The van der Waals surface area contributed by atoms with E-state index in [1.54, 1.807) is 12.1 Å². The van der Waals surface area contributed by atoms with E-state index in [0.29, 0.717) is 10.2 Å². The summed E-state index contributed by atoms with van der Waals surface area (Å²) in [5, 5.41) is 2.73. The highest BCUT2D eigenvalue weighted by molar-refractivity contribution is 9.10. The smallest absolute Gasteiger partial charge is 0.350 e. The van der Waals surface area contributed by atoms with Gasteiger partial charge in [-0.15, -0.1) is 0 Å². The number of esters is 3. The highest BCUT2D eigenvalue weighted by atomic mass is 79.9. The van der Waals surface area contributed by atoms with Crippen LogP contribution < -0.4 is 5.32 Å². The standard InChI is InChI=1S/C15H14BrNO6/c1-15(2)22-13(19)10(14(20)23-15)7-17-11-6-8(16)4-5-9(11)12(18)21-3/h4-7,17H,1-3H3. The second kappa shape index (κ2) is 6.41. The molecule has 1 heterocycles. The van der Waals surface area contributed by atoms with Crippen molar-refractivity contribution in [2.45, 2.75) is 19.6 Å². The van der Waals surface area contributed by atoms with E-state index >= 15 is 0 Å². The Hall–Kier alpha value is -2.35. The van der Waals surface area contributed by atoms with Crippen molar-refractivity contribution in [1.29, 1.82) is 0 Å². The molecular formula is C15H14BrNO6. The summed E-state index contributed by atoms with van der Waals surface area (Å²) in [5.74, 6) is -3.49. The van der Waals surface area contributed by atoms with Crippen LogP contribution in [0.3, 0.4) is 0 Å². The lowest BCUT2D eigenvalue weighted by Crippen LogP contribution is -2.42. The lowest BCUT2D eigenvalue weighted by Gasteiger charge is -2.29. The minimum absolute atomic E-state index is 0.241. The number of methoxy groups -OCH3 is 1. The highest BCUT2D eigenvalue weighted by Gasteiger charge is 2.39. The summed E-state index contributed by atoms with van der Waals surface area (Å²) < 4.78 is 15.3. The molecule has 0 bridgehead atoms. The minimum atomic E-state index is -1.31. The number of carbonyl (C=O) groups is 3. The summed E-state index contributed by atoms with van der Waals surface area (Å²) in [6.07, 6.45) is 1.13. The SMILES string of the molecule is COC(=O)c1ccc(Br)cc1NC=C1C(=O)OC(C)(C)OC1=O. The molecule has 1 aromatic rings. The molecule has 8 heteroatoms. The fourth-order valence-corrected chi connectivity index (χ4v) is 2.21. The van der Waals surface area contributed by atoms with Gasteiger partial charge in [0.15, 0.2) is 5.57 Å². The van der Waals surface area contributed by atoms with Gasteiger partial charge < -0.3 is 19.5 Å². The Kier molecular flexibility index (Phi) is 4.74. The molecule has 2 rings (SSSR count). The first kappa shape index (κ1) is 17.0. The van der Waals surface area contributed by atoms with Gasteiger partial charge in [0.2, 0.25) is 0 Å². The normalized spacial score (nSPS) is 16.3. The number of ether oxygens (including phenoxy) is 3. The molecular weight excluding hydrogens is 370 g/mol. The topological polar surface area (TPSA) is 90.9 Å². The number of carbonyl (C=O) groups excluding carboxylic acids is 3. The van der Waals surface area contributed by atoms with Crippen LogP contribution in [0.25, 0.3) is 0 Å². The first-order valence-corrected chi connectivity index (χ1v) is 7.34. The van der Waals surface area contributed by atoms with Crippen molar-refractivity contribution in [3.63, 3.8) is 0 Å². The second-order valence-corrected chi connectivity index (χ2v) is 5.98. The largest absolute Gasteiger partial charge is 0.465 e. The summed E-state index contributed by atoms with van der Waals surface area (Å²) in [6, 6.07) is 4.81. The van der Waals surface area contributed by atoms with E-state index in [1.165, 1.54) is 27.0 Å². The summed E-state index contributed by atoms with van der Waals surface area (Å²) in [4.78, 5) is 35.4. The van der Waals surface area contributed by atoms with Gasteiger partial charge in [-0.05, 0) is 18.2 Å². The molecule has 7 nitrogen and oxygen atoms in total. The molecule has 1 N–H and O–H groups in total. The Morgan fingerprint density at radius 3 is 2.43 bits per heavy atom. The first-order chi connectivity index (χ1) is 10.7. The monoisotopic (exact) mass is 383 g/mol. The number of hydrogen-bond acceptors (Lipinski definition) is 7. The van der Waals surface area contributed by atoms with Gasteiger partial charge in [-0.1, -0.05) is 15.9 Å². The third-order valence-electron chi connectivity index (χ3n) is 2.88. The van der Waals surface area contributed by atoms with Gasteiger partial charge in [-0.25, -0.2) is 14.4 Å². The summed E-state index contributed by atoms with van der Waals surface area (Å²) >= 11 is 3.28. The molecule has 0 aromatic heterocycles. The van der Waals surface area contributed by atoms with Gasteiger partial charge in [-0.3, -0.25) is 0 Å². The number of halogens is 1. The van der Waals surface area contributed by atoms with Crippen molar-refractivity contribution in [3.8, 4) is 0 Å². The third-order valence-corrected chi connectivity index (χ3v) is 3.37. The zero-order valence-electron chi connectivity index (χ0n) is 12.6. The molecule has 0 saturated carbocycles. The Labute approximate surface area is 140 Å². The average Bonchev–Trinajstić information content (AvgIpc) is 2.44. The van der Waals surface area contributed by atoms with Crippen molar-refractivity contribution in [2.24, 2.45) is 0 Å². The van der Waals surface area contributed by atoms with Crippen LogP contribution in [0.15, 0.2) is 34.4 Å². The third kappa shape index (κ3) is 3.89. The Bertz CT molecular complexity index is 688. The average molecular weight is 384 g/mol. The first-order valence-electron chi connectivity index (χ1n) is 6.55. The van der Waals surface area contributed by atoms with Crippen LogP contribution >= 0.6 is 15.9 Å². The van der Waals surface area contributed by atoms with Gasteiger partial charge in [0.05, 0.1) is 18.4 Å². The van der Waals surface area contributed by atoms with Gasteiger partial charge in [0, 0.05) is 24.5 Å². The summed E-state index contributed by atoms with van der Waals surface area (Å²) in [5.41, 5.74) is 0.287. The second-order valence-electron chi connectivity index (χ2n) is 5.06. The van der Waals surface area contributed by atoms with Crippen LogP contribution in [0, 0.1) is 0 Å². The van der Waals surface area contributed by atoms with Crippen LogP contribution in [0.1, 0.15) is 24.2 Å². The number of cyclic esters (lactones) is 2. The fraction of sp³-hybridized carbons (Fsp3) is 0.267. The van der Waals surface area contributed by atoms with Crippen molar-refractivity contribution in [2.75, 3.05) is 12.4 Å². The summed E-state index contributed by atoms with van der Waals surface area (Å²) in [6.45, 7) is 2.91. The van der Waals surface area contributed by atoms with E-state index in [4.69, 9.17) is 9.47 Å². The number of nitrogens with one attached hydrogen (secondary N) is 1. The number of anilines is 1. The zero-order chi connectivity index (χ0) is 17.2. The fourth-order valence-electron chi connectivity index (χ4n) is 1.85. The van der Waals surface area contributed by atoms with E-state index < -0.39 is 23.7 Å². The zero-order valence-corrected chi connectivity index (χ0v) is 14.2. The molecule has 1 aliphatic rings. The van der Waals surface area contributed by atoms with Crippen LogP contribution in [0.4, 0.5) is 5.69 Å². The predicted octanol–water partition coefficient (Wildman–Crippen LogP) is 2.37. The molecule has 0 aliphatic carbocycles. The molecule has 0 spiro atoms. The van der Waals surface area contributed by atoms with E-state index in [0.717, 1.165) is 6.20 Å². The minimum Gasteiger partial charge on any atom is -0.465 e.